The molecule has 0 heterocycles. The molecule has 0 atom stereocenters. The van der Waals surface area contributed by atoms with Gasteiger partial charge in [-0.2, -0.15) is 0 Å². The molecular formula is C16H12O. The van der Waals surface area contributed by atoms with Crippen molar-refractivity contribution in [3.8, 4) is 5.75 Å². The fourth-order valence-corrected chi connectivity index (χ4v) is 2.29. The van der Waals surface area contributed by atoms with Crippen molar-refractivity contribution >= 4 is 27.6 Å². The van der Waals surface area contributed by atoms with Gasteiger partial charge in [-0.25, -0.2) is 0 Å². The summed E-state index contributed by atoms with van der Waals surface area (Å²) >= 11 is 0. The van der Waals surface area contributed by atoms with Crippen LogP contribution in [0.25, 0.3) is 27.6 Å². The SMILES string of the molecule is C=Cc1cc2ccc(O)cc2c2ccccc12. The molecule has 1 heteroatoms. The third kappa shape index (κ3) is 1.48. The maximum atomic E-state index is 9.60. The molecule has 1 nitrogen and oxygen atoms in total. The van der Waals surface area contributed by atoms with Crippen molar-refractivity contribution in [2.45, 2.75) is 0 Å². The minimum Gasteiger partial charge on any atom is -0.508 e. The van der Waals surface area contributed by atoms with Gasteiger partial charge in [0.1, 0.15) is 5.75 Å². The first kappa shape index (κ1) is 9.91. The van der Waals surface area contributed by atoms with Crippen molar-refractivity contribution in [3.05, 3.63) is 60.7 Å². The zero-order chi connectivity index (χ0) is 11.8. The molecule has 0 amide bonds. The zero-order valence-electron chi connectivity index (χ0n) is 9.35. The van der Waals surface area contributed by atoms with Crippen LogP contribution in [0, 0.1) is 0 Å². The van der Waals surface area contributed by atoms with Crippen LogP contribution in [0.4, 0.5) is 0 Å². The van der Waals surface area contributed by atoms with Crippen LogP contribution in [0.5, 0.6) is 5.75 Å². The smallest absolute Gasteiger partial charge is 0.116 e. The van der Waals surface area contributed by atoms with Crippen LogP contribution in [0.3, 0.4) is 0 Å². The molecule has 3 aromatic carbocycles. The highest BCUT2D eigenvalue weighted by Gasteiger charge is 2.04. The van der Waals surface area contributed by atoms with Gasteiger partial charge >= 0.3 is 0 Å². The highest BCUT2D eigenvalue weighted by Crippen LogP contribution is 2.31. The molecule has 0 aliphatic carbocycles. The third-order valence-electron chi connectivity index (χ3n) is 3.10. The van der Waals surface area contributed by atoms with Crippen molar-refractivity contribution < 1.29 is 5.11 Å². The van der Waals surface area contributed by atoms with Gasteiger partial charge in [-0.05, 0) is 45.3 Å². The Morgan fingerprint density at radius 2 is 1.65 bits per heavy atom. The summed E-state index contributed by atoms with van der Waals surface area (Å²) in [6, 6.07) is 15.7. The number of hydrogen-bond donors (Lipinski definition) is 1. The Bertz CT molecular complexity index is 726. The maximum Gasteiger partial charge on any atom is 0.116 e. The molecule has 3 rings (SSSR count). The standard InChI is InChI=1S/C16H12O/c1-2-11-9-12-7-8-13(17)10-16(12)15-6-4-3-5-14(11)15/h2-10,17H,1H2. The summed E-state index contributed by atoms with van der Waals surface area (Å²) in [7, 11) is 0. The van der Waals surface area contributed by atoms with Crippen molar-refractivity contribution in [1.82, 2.24) is 0 Å². The van der Waals surface area contributed by atoms with Gasteiger partial charge in [-0.15, -0.1) is 0 Å². The van der Waals surface area contributed by atoms with E-state index in [0.717, 1.165) is 21.7 Å². The molecule has 0 spiro atoms. The fraction of sp³-hybridized carbons (Fsp3) is 0. The molecule has 82 valence electrons. The van der Waals surface area contributed by atoms with Gasteiger partial charge in [0.05, 0.1) is 0 Å². The molecule has 0 fully saturated rings. The molecule has 1 N–H and O–H groups in total. The van der Waals surface area contributed by atoms with Crippen LogP contribution < -0.4 is 0 Å². The van der Waals surface area contributed by atoms with E-state index in [0.29, 0.717) is 5.75 Å². The third-order valence-corrected chi connectivity index (χ3v) is 3.10. The number of phenols is 1. The van der Waals surface area contributed by atoms with Crippen molar-refractivity contribution in [2.75, 3.05) is 0 Å². The van der Waals surface area contributed by atoms with Gasteiger partial charge in [0, 0.05) is 0 Å². The molecule has 0 aromatic heterocycles. The zero-order valence-corrected chi connectivity index (χ0v) is 9.35. The Labute approximate surface area is 99.6 Å². The number of aromatic hydroxyl groups is 1. The summed E-state index contributed by atoms with van der Waals surface area (Å²) in [4.78, 5) is 0. The van der Waals surface area contributed by atoms with E-state index in [9.17, 15) is 5.11 Å². The molecule has 0 bridgehead atoms. The van der Waals surface area contributed by atoms with E-state index in [1.54, 1.807) is 6.07 Å². The van der Waals surface area contributed by atoms with Crippen LogP contribution in [0.1, 0.15) is 5.56 Å². The summed E-state index contributed by atoms with van der Waals surface area (Å²) in [5, 5.41) is 14.1. The monoisotopic (exact) mass is 220 g/mol. The number of benzene rings is 3. The topological polar surface area (TPSA) is 20.2 Å². The molecule has 0 radical (unpaired) electrons. The molecule has 3 aromatic rings. The Balaban J connectivity index is 2.60. The van der Waals surface area contributed by atoms with E-state index in [-0.39, 0.29) is 0 Å². The second kappa shape index (κ2) is 3.63. The summed E-state index contributed by atoms with van der Waals surface area (Å²) in [5.41, 5.74) is 1.12. The molecule has 0 unspecified atom stereocenters. The Morgan fingerprint density at radius 1 is 0.882 bits per heavy atom. The minimum absolute atomic E-state index is 0.300. The van der Waals surface area contributed by atoms with Crippen molar-refractivity contribution in [1.29, 1.82) is 0 Å². The summed E-state index contributed by atoms with van der Waals surface area (Å²) < 4.78 is 0. The Hall–Kier alpha value is -2.28. The second-order valence-electron chi connectivity index (χ2n) is 4.12. The van der Waals surface area contributed by atoms with E-state index >= 15 is 0 Å². The van der Waals surface area contributed by atoms with Gasteiger partial charge < -0.3 is 5.11 Å². The van der Waals surface area contributed by atoms with Crippen molar-refractivity contribution in [2.24, 2.45) is 0 Å². The number of phenolic OH excluding ortho intramolecular Hbond substituents is 1. The first-order valence-corrected chi connectivity index (χ1v) is 5.56. The molecule has 0 aliphatic rings. The van der Waals surface area contributed by atoms with Gasteiger partial charge in [0.15, 0.2) is 0 Å². The van der Waals surface area contributed by atoms with Crippen molar-refractivity contribution in [3.63, 3.8) is 0 Å². The lowest BCUT2D eigenvalue weighted by Crippen LogP contribution is -1.82. The highest BCUT2D eigenvalue weighted by atomic mass is 16.3. The second-order valence-corrected chi connectivity index (χ2v) is 4.12. The van der Waals surface area contributed by atoms with E-state index in [1.807, 2.05) is 30.3 Å². The average molecular weight is 220 g/mol. The maximum absolute atomic E-state index is 9.60. The van der Waals surface area contributed by atoms with Crippen LogP contribution in [-0.4, -0.2) is 5.11 Å². The summed E-state index contributed by atoms with van der Waals surface area (Å²) in [6.07, 6.45) is 1.87. The first-order chi connectivity index (χ1) is 8.29. The molecule has 0 saturated heterocycles. The van der Waals surface area contributed by atoms with E-state index in [1.165, 1.54) is 5.39 Å². The quantitative estimate of drug-likeness (QED) is 0.605. The van der Waals surface area contributed by atoms with E-state index in [4.69, 9.17) is 0 Å². The predicted molar refractivity (Wildman–Crippen MR) is 73.2 cm³/mol. The number of hydrogen-bond acceptors (Lipinski definition) is 1. The Morgan fingerprint density at radius 3 is 2.41 bits per heavy atom. The van der Waals surface area contributed by atoms with E-state index in [2.05, 4.69) is 24.8 Å². The first-order valence-electron chi connectivity index (χ1n) is 5.56. The predicted octanol–water partition coefficient (Wildman–Crippen LogP) is 4.34. The lowest BCUT2D eigenvalue weighted by molar-refractivity contribution is 0.476. The largest absolute Gasteiger partial charge is 0.508 e. The van der Waals surface area contributed by atoms with Gasteiger partial charge in [0.2, 0.25) is 0 Å². The molecule has 0 aliphatic heterocycles. The fourth-order valence-electron chi connectivity index (χ4n) is 2.29. The number of rotatable bonds is 1. The van der Waals surface area contributed by atoms with Crippen LogP contribution >= 0.6 is 0 Å². The van der Waals surface area contributed by atoms with Crippen LogP contribution in [-0.2, 0) is 0 Å². The van der Waals surface area contributed by atoms with Gasteiger partial charge in [-0.3, -0.25) is 0 Å². The lowest BCUT2D eigenvalue weighted by Gasteiger charge is -2.07. The summed E-state index contributed by atoms with van der Waals surface area (Å²) in [6.45, 7) is 3.86. The van der Waals surface area contributed by atoms with E-state index < -0.39 is 0 Å². The Kier molecular flexibility index (Phi) is 2.12. The normalized spacial score (nSPS) is 10.8. The molecular weight excluding hydrogens is 208 g/mol. The summed E-state index contributed by atoms with van der Waals surface area (Å²) in [5.74, 6) is 0.300. The van der Waals surface area contributed by atoms with Gasteiger partial charge in [-0.1, -0.05) is 43.0 Å². The minimum atomic E-state index is 0.300. The van der Waals surface area contributed by atoms with Crippen LogP contribution in [0.15, 0.2) is 55.1 Å². The van der Waals surface area contributed by atoms with Crippen LogP contribution in [0.2, 0.25) is 0 Å². The number of fused-ring (bicyclic) bond motifs is 3. The van der Waals surface area contributed by atoms with Gasteiger partial charge in [0.25, 0.3) is 0 Å². The highest BCUT2D eigenvalue weighted by molar-refractivity contribution is 6.11. The molecule has 0 saturated carbocycles. The molecule has 17 heavy (non-hydrogen) atoms. The lowest BCUT2D eigenvalue weighted by atomic mass is 9.97. The average Bonchev–Trinajstić information content (AvgIpc) is 2.38.